The molecule has 0 bridgehead atoms. The Bertz CT molecular complexity index is 2570. The number of halogens is 6. The standard InChI is InChI=1S/C22H23Cl2FN4O3.C19H19Cl2FN4O3.C4H8O/c1-12(19-16(23)4-5-17(25)20(19)24)31-18-6-13(7-27-21(18)26)14-8-28-29(9-14)10-15-11-30-22(2,3)32-15;1-10(17-14(20)2-3-15(22)18(17)21)29-16-4-11(5-24-19(16)23)12-6-25-26(7-12)8-13(28)9-27;1-2-4-5-3-1/h4-9,12,15H,10-11H2,1-3H3,(H2,26,27);2-7,10,13,27-28H,8-9H2,1H3,(H2,23,24);1-4H2. The molecule has 4 atom stereocenters. The monoisotopic (exact) mass is 992 g/mol. The van der Waals surface area contributed by atoms with Crippen molar-refractivity contribution in [3.63, 3.8) is 0 Å². The summed E-state index contributed by atoms with van der Waals surface area (Å²) in [4.78, 5) is 8.36. The summed E-state index contributed by atoms with van der Waals surface area (Å²) in [5.41, 5.74) is 15.6. The summed E-state index contributed by atoms with van der Waals surface area (Å²) < 4.78 is 59.2. The zero-order valence-corrected chi connectivity index (χ0v) is 39.5. The molecular weight excluding hydrogens is 944 g/mol. The second-order valence-corrected chi connectivity index (χ2v) is 17.3. The van der Waals surface area contributed by atoms with Crippen molar-refractivity contribution in [2.75, 3.05) is 37.9 Å². The molecule has 6 heterocycles. The van der Waals surface area contributed by atoms with E-state index < -0.39 is 35.7 Å². The minimum absolute atomic E-state index is 0.0807. The van der Waals surface area contributed by atoms with Gasteiger partial charge in [-0.2, -0.15) is 10.2 Å². The average Bonchev–Trinajstić information content (AvgIpc) is 4.14. The molecule has 8 rings (SSSR count). The van der Waals surface area contributed by atoms with Crippen molar-refractivity contribution in [3.8, 4) is 33.8 Å². The van der Waals surface area contributed by atoms with Crippen molar-refractivity contribution in [2.24, 2.45) is 0 Å². The highest BCUT2D eigenvalue weighted by Gasteiger charge is 2.33. The number of benzene rings is 2. The lowest BCUT2D eigenvalue weighted by Crippen LogP contribution is -2.24. The van der Waals surface area contributed by atoms with Crippen molar-refractivity contribution in [3.05, 3.63) is 116 Å². The molecule has 2 aliphatic heterocycles. The Kier molecular flexibility index (Phi) is 17.5. The van der Waals surface area contributed by atoms with Crippen molar-refractivity contribution >= 4 is 58.0 Å². The van der Waals surface area contributed by atoms with Crippen LogP contribution in [0.25, 0.3) is 22.3 Å². The van der Waals surface area contributed by atoms with Gasteiger partial charge in [-0.05, 0) is 76.9 Å². The van der Waals surface area contributed by atoms with E-state index in [1.165, 1.54) is 41.8 Å². The fraction of sp³-hybridized carbons (Fsp3) is 0.378. The number of aliphatic hydroxyl groups excluding tert-OH is 2. The van der Waals surface area contributed by atoms with E-state index >= 15 is 0 Å². The molecule has 354 valence electrons. The average molecular weight is 995 g/mol. The first kappa shape index (κ1) is 50.6. The third-order valence-electron chi connectivity index (χ3n) is 10.2. The van der Waals surface area contributed by atoms with Crippen LogP contribution in [0.15, 0.2) is 73.6 Å². The summed E-state index contributed by atoms with van der Waals surface area (Å²) in [5, 5.41) is 27.4. The Labute approximate surface area is 400 Å². The molecule has 2 aromatic carbocycles. The van der Waals surface area contributed by atoms with Crippen LogP contribution < -0.4 is 20.9 Å². The lowest BCUT2D eigenvalue weighted by atomic mass is 10.1. The van der Waals surface area contributed by atoms with Gasteiger partial charge in [0.25, 0.3) is 0 Å². The minimum atomic E-state index is -0.909. The zero-order chi connectivity index (χ0) is 47.7. The molecule has 0 radical (unpaired) electrons. The van der Waals surface area contributed by atoms with Crippen molar-refractivity contribution in [1.29, 1.82) is 0 Å². The van der Waals surface area contributed by atoms with Gasteiger partial charge in [0.2, 0.25) is 0 Å². The zero-order valence-electron chi connectivity index (χ0n) is 36.4. The van der Waals surface area contributed by atoms with Crippen LogP contribution in [-0.4, -0.2) is 84.2 Å². The van der Waals surface area contributed by atoms with Crippen molar-refractivity contribution in [2.45, 2.75) is 83.8 Å². The van der Waals surface area contributed by atoms with Gasteiger partial charge in [-0.15, -0.1) is 0 Å². The smallest absolute Gasteiger partial charge is 0.166 e. The molecule has 0 saturated carbocycles. The van der Waals surface area contributed by atoms with Gasteiger partial charge >= 0.3 is 0 Å². The molecule has 21 heteroatoms. The third kappa shape index (κ3) is 13.2. The first-order chi connectivity index (χ1) is 31.4. The number of pyridine rings is 2. The Balaban J connectivity index is 0.000000198. The fourth-order valence-corrected chi connectivity index (χ4v) is 8.17. The van der Waals surface area contributed by atoms with Crippen LogP contribution >= 0.6 is 46.4 Å². The van der Waals surface area contributed by atoms with Crippen molar-refractivity contribution < 1.29 is 42.7 Å². The molecule has 0 amide bonds. The number of hydrogen-bond donors (Lipinski definition) is 4. The highest BCUT2D eigenvalue weighted by Crippen LogP contribution is 2.39. The molecule has 15 nitrogen and oxygen atoms in total. The van der Waals surface area contributed by atoms with E-state index in [1.807, 2.05) is 20.0 Å². The Hall–Kier alpha value is -4.82. The Morgan fingerprint density at radius 1 is 0.773 bits per heavy atom. The topological polar surface area (TPSA) is 200 Å². The highest BCUT2D eigenvalue weighted by molar-refractivity contribution is 6.36. The van der Waals surface area contributed by atoms with Gasteiger partial charge in [0.1, 0.15) is 29.9 Å². The summed E-state index contributed by atoms with van der Waals surface area (Å²) in [7, 11) is 0. The highest BCUT2D eigenvalue weighted by atomic mass is 35.5. The van der Waals surface area contributed by atoms with Gasteiger partial charge in [-0.3, -0.25) is 9.36 Å². The number of aliphatic hydroxyl groups is 2. The van der Waals surface area contributed by atoms with E-state index in [4.69, 9.17) is 86.7 Å². The Morgan fingerprint density at radius 3 is 1.70 bits per heavy atom. The van der Waals surface area contributed by atoms with Crippen LogP contribution in [0, 0.1) is 11.6 Å². The minimum Gasteiger partial charge on any atom is -0.482 e. The Morgan fingerprint density at radius 2 is 1.26 bits per heavy atom. The SMILES string of the molecule is C1CCOC1.CC(Oc1cc(-c2cnn(CC(O)CO)c2)cnc1N)c1c(Cl)ccc(F)c1Cl.CC(Oc1cc(-c2cnn(CC3COC(C)(C)O3)c2)cnc1N)c1c(Cl)ccc(F)c1Cl. The van der Waals surface area contributed by atoms with Crippen LogP contribution in [0.5, 0.6) is 11.5 Å². The normalized spacial score (nSPS) is 16.7. The van der Waals surface area contributed by atoms with Crippen LogP contribution in [0.1, 0.15) is 63.9 Å². The second-order valence-electron chi connectivity index (χ2n) is 15.8. The number of hydrogen-bond acceptors (Lipinski definition) is 13. The van der Waals surface area contributed by atoms with E-state index in [0.29, 0.717) is 46.2 Å². The molecule has 2 aliphatic rings. The first-order valence-corrected chi connectivity index (χ1v) is 22.3. The molecule has 4 aromatic heterocycles. The van der Waals surface area contributed by atoms with E-state index in [2.05, 4.69) is 20.2 Å². The summed E-state index contributed by atoms with van der Waals surface area (Å²) in [6.07, 6.45) is 10.3. The maximum atomic E-state index is 13.9. The van der Waals surface area contributed by atoms with Gasteiger partial charge in [0, 0.05) is 81.4 Å². The molecule has 0 spiro atoms. The van der Waals surface area contributed by atoms with Gasteiger partial charge in [-0.25, -0.2) is 18.7 Å². The molecule has 6 N–H and O–H groups in total. The number of nitrogens with zero attached hydrogens (tertiary/aromatic N) is 6. The molecule has 2 fully saturated rings. The lowest BCUT2D eigenvalue weighted by Gasteiger charge is -2.19. The quantitative estimate of drug-likeness (QED) is 0.0799. The summed E-state index contributed by atoms with van der Waals surface area (Å²) in [5.74, 6) is -0.823. The number of aromatic nitrogens is 6. The second kappa shape index (κ2) is 22.8. The van der Waals surface area contributed by atoms with Crippen LogP contribution in [0.2, 0.25) is 20.1 Å². The molecule has 6 aromatic rings. The van der Waals surface area contributed by atoms with Gasteiger partial charge in [-0.1, -0.05) is 46.4 Å². The number of nitrogens with two attached hydrogens (primary N) is 2. The number of ether oxygens (including phenoxy) is 5. The van der Waals surface area contributed by atoms with E-state index in [0.717, 1.165) is 24.3 Å². The summed E-state index contributed by atoms with van der Waals surface area (Å²) >= 11 is 24.5. The van der Waals surface area contributed by atoms with E-state index in [1.54, 1.807) is 61.6 Å². The summed E-state index contributed by atoms with van der Waals surface area (Å²) in [6, 6.07) is 8.65. The predicted molar refractivity (Wildman–Crippen MR) is 249 cm³/mol. The number of rotatable bonds is 13. The molecule has 4 unspecified atom stereocenters. The number of anilines is 2. The fourth-order valence-electron chi connectivity index (χ4n) is 6.81. The van der Waals surface area contributed by atoms with Crippen molar-refractivity contribution in [1.82, 2.24) is 29.5 Å². The van der Waals surface area contributed by atoms with Gasteiger partial charge < -0.3 is 45.4 Å². The van der Waals surface area contributed by atoms with Crippen LogP contribution in [-0.2, 0) is 27.3 Å². The first-order valence-electron chi connectivity index (χ1n) is 20.8. The molecule has 0 aliphatic carbocycles. The van der Waals surface area contributed by atoms with Gasteiger partial charge in [0.15, 0.2) is 28.9 Å². The maximum Gasteiger partial charge on any atom is 0.166 e. The molecule has 66 heavy (non-hydrogen) atoms. The van der Waals surface area contributed by atoms with E-state index in [9.17, 15) is 13.9 Å². The van der Waals surface area contributed by atoms with Crippen LogP contribution in [0.3, 0.4) is 0 Å². The number of nitrogen functional groups attached to an aromatic ring is 2. The predicted octanol–water partition coefficient (Wildman–Crippen LogP) is 9.53. The maximum absolute atomic E-state index is 13.9. The lowest BCUT2D eigenvalue weighted by molar-refractivity contribution is -0.139. The third-order valence-corrected chi connectivity index (χ3v) is 11.6. The molecular formula is C45H50Cl4F2N8O7. The van der Waals surface area contributed by atoms with Crippen LogP contribution in [0.4, 0.5) is 20.4 Å². The summed E-state index contributed by atoms with van der Waals surface area (Å²) in [6.45, 7) is 10.0. The largest absolute Gasteiger partial charge is 0.482 e. The molecule has 2 saturated heterocycles. The van der Waals surface area contributed by atoms with E-state index in [-0.39, 0.29) is 51.7 Å². The van der Waals surface area contributed by atoms with Gasteiger partial charge in [0.05, 0.1) is 54.8 Å².